The molecule has 2 aliphatic heterocycles. The monoisotopic (exact) mass is 723 g/mol. The van der Waals surface area contributed by atoms with Crippen molar-refractivity contribution in [2.45, 2.75) is 31.1 Å². The molecule has 3 unspecified atom stereocenters. The maximum absolute atomic E-state index is 5.26. The molecule has 5 heteroatoms. The van der Waals surface area contributed by atoms with Gasteiger partial charge in [-0.15, -0.1) is 0 Å². The molecule has 0 saturated heterocycles. The number of benzene rings is 7. The summed E-state index contributed by atoms with van der Waals surface area (Å²) in [7, 11) is 2.15. The maximum atomic E-state index is 5.26. The van der Waals surface area contributed by atoms with E-state index in [9.17, 15) is 0 Å². The van der Waals surface area contributed by atoms with E-state index in [2.05, 4.69) is 222 Å². The quantitative estimate of drug-likeness (QED) is 0.171. The molecule has 8 aromatic rings. The van der Waals surface area contributed by atoms with Crippen LogP contribution in [0.5, 0.6) is 0 Å². The molecule has 1 aliphatic carbocycles. The third-order valence-electron chi connectivity index (χ3n) is 12.2. The SMILES string of the molecule is CN1C(c2ccccc2)N=C(c2ccccc2)N1Cc1ccc2cc(-n3c4ccccc4c4cc5c(cc43)N(c3ccccc3)C3(C)C=CC=CC53)ccc2c1. The van der Waals surface area contributed by atoms with Gasteiger partial charge in [-0.2, -0.15) is 5.01 Å². The normalized spacial score (nSPS) is 20.3. The van der Waals surface area contributed by atoms with E-state index in [4.69, 9.17) is 4.99 Å². The van der Waals surface area contributed by atoms with Crippen LogP contribution < -0.4 is 4.90 Å². The molecule has 3 aliphatic rings. The number of aliphatic imine (C=N–C) groups is 1. The Balaban J connectivity index is 0.994. The lowest BCUT2D eigenvalue weighted by Crippen LogP contribution is -2.41. The highest BCUT2D eigenvalue weighted by molar-refractivity contribution is 6.11. The Kier molecular flexibility index (Phi) is 7.41. The second-order valence-corrected chi connectivity index (χ2v) is 15.5. The number of allylic oxidation sites excluding steroid dienone is 2. The van der Waals surface area contributed by atoms with E-state index in [0.29, 0.717) is 6.54 Å². The fourth-order valence-corrected chi connectivity index (χ4v) is 9.50. The minimum Gasteiger partial charge on any atom is -0.331 e. The average molecular weight is 724 g/mol. The molecule has 0 amide bonds. The molecular formula is C51H41N5. The molecule has 270 valence electrons. The second-order valence-electron chi connectivity index (χ2n) is 15.5. The van der Waals surface area contributed by atoms with Crippen molar-refractivity contribution in [3.05, 3.63) is 210 Å². The van der Waals surface area contributed by atoms with E-state index in [0.717, 1.165) is 17.1 Å². The Hall–Kier alpha value is -6.69. The van der Waals surface area contributed by atoms with Crippen LogP contribution in [0.4, 0.5) is 11.4 Å². The van der Waals surface area contributed by atoms with E-state index in [-0.39, 0.29) is 17.6 Å². The second kappa shape index (κ2) is 12.7. The zero-order chi connectivity index (χ0) is 37.4. The van der Waals surface area contributed by atoms with Crippen LogP contribution in [0.3, 0.4) is 0 Å². The summed E-state index contributed by atoms with van der Waals surface area (Å²) in [6.45, 7) is 3.09. The van der Waals surface area contributed by atoms with Gasteiger partial charge in [-0.25, -0.2) is 4.99 Å². The van der Waals surface area contributed by atoms with Crippen LogP contribution in [-0.4, -0.2) is 33.0 Å². The molecule has 5 nitrogen and oxygen atoms in total. The first-order valence-electron chi connectivity index (χ1n) is 19.6. The first-order chi connectivity index (χ1) is 27.5. The largest absolute Gasteiger partial charge is 0.331 e. The van der Waals surface area contributed by atoms with Crippen LogP contribution in [0.2, 0.25) is 0 Å². The topological polar surface area (TPSA) is 27.0 Å². The lowest BCUT2D eigenvalue weighted by Gasteiger charge is -2.39. The van der Waals surface area contributed by atoms with Gasteiger partial charge in [0.1, 0.15) is 12.0 Å². The molecular weight excluding hydrogens is 683 g/mol. The summed E-state index contributed by atoms with van der Waals surface area (Å²) in [4.78, 5) is 7.81. The van der Waals surface area contributed by atoms with Crippen molar-refractivity contribution in [3.8, 4) is 5.69 Å². The van der Waals surface area contributed by atoms with Gasteiger partial charge in [0.05, 0.1) is 23.1 Å². The van der Waals surface area contributed by atoms with Crippen molar-refractivity contribution in [2.75, 3.05) is 11.9 Å². The molecule has 56 heavy (non-hydrogen) atoms. The van der Waals surface area contributed by atoms with Crippen molar-refractivity contribution in [2.24, 2.45) is 4.99 Å². The molecule has 0 fully saturated rings. The number of fused-ring (bicyclic) bond motifs is 7. The van der Waals surface area contributed by atoms with E-state index in [1.807, 2.05) is 0 Å². The minimum absolute atomic E-state index is 0.0820. The van der Waals surface area contributed by atoms with Crippen molar-refractivity contribution in [3.63, 3.8) is 0 Å². The number of rotatable bonds is 6. The molecule has 0 N–H and O–H groups in total. The number of amidine groups is 1. The highest BCUT2D eigenvalue weighted by Gasteiger charge is 2.47. The van der Waals surface area contributed by atoms with Crippen LogP contribution in [0.1, 0.15) is 41.3 Å². The van der Waals surface area contributed by atoms with Gasteiger partial charge >= 0.3 is 0 Å². The van der Waals surface area contributed by atoms with Crippen molar-refractivity contribution < 1.29 is 0 Å². The van der Waals surface area contributed by atoms with Crippen LogP contribution in [0, 0.1) is 0 Å². The summed E-state index contributed by atoms with van der Waals surface area (Å²) in [6.07, 6.45) is 9.08. The van der Waals surface area contributed by atoms with E-state index in [1.54, 1.807) is 0 Å². The highest BCUT2D eigenvalue weighted by atomic mass is 15.7. The smallest absolute Gasteiger partial charge is 0.147 e. The zero-order valence-corrected chi connectivity index (χ0v) is 31.5. The molecule has 0 radical (unpaired) electrons. The van der Waals surface area contributed by atoms with Crippen LogP contribution in [0.15, 0.2) is 193 Å². The summed E-state index contributed by atoms with van der Waals surface area (Å²) in [5.41, 5.74) is 10.8. The van der Waals surface area contributed by atoms with Gasteiger partial charge in [-0.05, 0) is 82.9 Å². The highest BCUT2D eigenvalue weighted by Crippen LogP contribution is 2.55. The van der Waals surface area contributed by atoms with Crippen LogP contribution in [-0.2, 0) is 6.54 Å². The Morgan fingerprint density at radius 1 is 0.625 bits per heavy atom. The molecule has 11 rings (SSSR count). The fraction of sp³-hybridized carbons (Fsp3) is 0.118. The third kappa shape index (κ3) is 5.01. The van der Waals surface area contributed by atoms with Gasteiger partial charge in [0.15, 0.2) is 0 Å². The van der Waals surface area contributed by atoms with E-state index >= 15 is 0 Å². The number of hydrazine groups is 1. The summed E-state index contributed by atoms with van der Waals surface area (Å²) in [6, 6.07) is 59.6. The van der Waals surface area contributed by atoms with Gasteiger partial charge < -0.3 is 9.47 Å². The van der Waals surface area contributed by atoms with Gasteiger partial charge in [0.25, 0.3) is 0 Å². The number of anilines is 2. The average Bonchev–Trinajstić information content (AvgIpc) is 3.84. The summed E-state index contributed by atoms with van der Waals surface area (Å²) >= 11 is 0. The number of hydrogen-bond donors (Lipinski definition) is 0. The van der Waals surface area contributed by atoms with Crippen LogP contribution in [0.25, 0.3) is 38.3 Å². The maximum Gasteiger partial charge on any atom is 0.147 e. The molecule has 7 aromatic carbocycles. The first-order valence-corrected chi connectivity index (χ1v) is 19.6. The number of nitrogens with zero attached hydrogens (tertiary/aromatic N) is 5. The van der Waals surface area contributed by atoms with E-state index in [1.165, 1.54) is 60.6 Å². The van der Waals surface area contributed by atoms with E-state index < -0.39 is 0 Å². The standard InChI is InChI=1S/C51H41N5/c1-51-29-15-14-23-45(51)44-32-43-42-22-12-13-24-46(42)55(47(43)33-48(44)56(51)40-20-10-5-11-21-40)41-28-27-38-30-35(25-26-39(38)31-41)34-54-50(37-18-8-4-9-19-37)52-49(53(54)2)36-16-6-3-7-17-36/h3-33,45,49H,34H2,1-2H3. The van der Waals surface area contributed by atoms with Crippen molar-refractivity contribution in [1.82, 2.24) is 14.6 Å². The molecule has 0 spiro atoms. The Morgan fingerprint density at radius 3 is 2.16 bits per heavy atom. The molecule has 3 atom stereocenters. The third-order valence-corrected chi connectivity index (χ3v) is 12.2. The fourth-order valence-electron chi connectivity index (χ4n) is 9.50. The zero-order valence-electron chi connectivity index (χ0n) is 31.5. The van der Waals surface area contributed by atoms with Gasteiger partial charge in [-0.1, -0.05) is 140 Å². The molecule has 0 bridgehead atoms. The Bertz CT molecular complexity index is 2890. The van der Waals surface area contributed by atoms with Crippen LogP contribution >= 0.6 is 0 Å². The minimum atomic E-state index is -0.196. The summed E-state index contributed by atoms with van der Waals surface area (Å²) in [5.74, 6) is 1.24. The molecule has 0 saturated carbocycles. The lowest BCUT2D eigenvalue weighted by molar-refractivity contribution is 0.0507. The number of para-hydroxylation sites is 2. The van der Waals surface area contributed by atoms with Gasteiger partial charge in [-0.3, -0.25) is 5.01 Å². The van der Waals surface area contributed by atoms with Gasteiger partial charge in [0, 0.05) is 46.4 Å². The summed E-state index contributed by atoms with van der Waals surface area (Å²) < 4.78 is 2.46. The lowest BCUT2D eigenvalue weighted by atomic mass is 9.80. The summed E-state index contributed by atoms with van der Waals surface area (Å²) in [5, 5.41) is 9.58. The van der Waals surface area contributed by atoms with Crippen molar-refractivity contribution >= 4 is 49.8 Å². The number of hydrogen-bond acceptors (Lipinski definition) is 4. The molecule has 3 heterocycles. The van der Waals surface area contributed by atoms with Crippen molar-refractivity contribution in [1.29, 1.82) is 0 Å². The predicted molar refractivity (Wildman–Crippen MR) is 232 cm³/mol. The van der Waals surface area contributed by atoms with Gasteiger partial charge in [0.2, 0.25) is 0 Å². The first kappa shape index (κ1) is 32.7. The molecule has 1 aromatic heterocycles. The Labute approximate surface area is 327 Å². The predicted octanol–water partition coefficient (Wildman–Crippen LogP) is 11.9. The number of aromatic nitrogens is 1. The Morgan fingerprint density at radius 2 is 1.34 bits per heavy atom.